The maximum absolute atomic E-state index is 13.0. The number of anilines is 1. The molecule has 1 atom stereocenters. The predicted molar refractivity (Wildman–Crippen MR) is 130 cm³/mol. The number of benzene rings is 2. The lowest BCUT2D eigenvalue weighted by molar-refractivity contribution is -0.127. The van der Waals surface area contributed by atoms with Crippen LogP contribution in [0.4, 0.5) is 5.69 Å². The van der Waals surface area contributed by atoms with Gasteiger partial charge in [0.05, 0.1) is 20.3 Å². The van der Waals surface area contributed by atoms with E-state index in [0.29, 0.717) is 49.4 Å². The summed E-state index contributed by atoms with van der Waals surface area (Å²) in [6, 6.07) is 12.4. The molecule has 182 valence electrons. The van der Waals surface area contributed by atoms with E-state index >= 15 is 0 Å². The fraction of sp³-hybridized carbons (Fsp3) is 0.423. The summed E-state index contributed by atoms with van der Waals surface area (Å²) in [5.74, 6) is 0.836. The molecule has 2 aromatic carbocycles. The number of methoxy groups -OCH3 is 2. The molecule has 8 heteroatoms. The first-order chi connectivity index (χ1) is 16.3. The topological polar surface area (TPSA) is 97.0 Å². The van der Waals surface area contributed by atoms with Crippen molar-refractivity contribution in [2.45, 2.75) is 39.2 Å². The van der Waals surface area contributed by atoms with Crippen LogP contribution < -0.4 is 20.1 Å². The average Bonchev–Trinajstić information content (AvgIpc) is 2.88. The number of carbonyl (C=O) groups is 3. The van der Waals surface area contributed by atoms with Gasteiger partial charge in [0, 0.05) is 42.7 Å². The number of hydrogen-bond acceptors (Lipinski definition) is 5. The van der Waals surface area contributed by atoms with Crippen LogP contribution >= 0.6 is 0 Å². The van der Waals surface area contributed by atoms with Gasteiger partial charge >= 0.3 is 0 Å². The van der Waals surface area contributed by atoms with Crippen molar-refractivity contribution in [3.8, 4) is 11.5 Å². The molecule has 1 unspecified atom stereocenters. The minimum absolute atomic E-state index is 0.00832. The number of likely N-dealkylation sites (tertiary alicyclic amines) is 1. The number of carbonyl (C=O) groups excluding carboxylic acids is 3. The van der Waals surface area contributed by atoms with E-state index < -0.39 is 0 Å². The number of ether oxygens (including phenoxy) is 2. The quantitative estimate of drug-likeness (QED) is 0.616. The maximum Gasteiger partial charge on any atom is 0.254 e. The first-order valence-corrected chi connectivity index (χ1v) is 11.6. The van der Waals surface area contributed by atoms with Crippen LogP contribution in [-0.2, 0) is 9.59 Å². The molecule has 1 aliphatic heterocycles. The van der Waals surface area contributed by atoms with Crippen LogP contribution in [0.3, 0.4) is 0 Å². The molecule has 0 aromatic heterocycles. The number of nitrogens with zero attached hydrogens (tertiary/aromatic N) is 1. The molecule has 0 saturated carbocycles. The molecule has 1 fully saturated rings. The molecule has 0 bridgehead atoms. The average molecular weight is 468 g/mol. The molecule has 8 nitrogen and oxygen atoms in total. The highest BCUT2D eigenvalue weighted by Gasteiger charge is 2.29. The Hall–Kier alpha value is -3.55. The lowest BCUT2D eigenvalue weighted by Gasteiger charge is -2.32. The Kier molecular flexibility index (Phi) is 8.51. The molecule has 0 radical (unpaired) electrons. The zero-order valence-corrected chi connectivity index (χ0v) is 20.2. The molecule has 2 N–H and O–H groups in total. The third-order valence-electron chi connectivity index (χ3n) is 6.13. The van der Waals surface area contributed by atoms with Crippen LogP contribution in [-0.4, -0.2) is 49.9 Å². The second-order valence-electron chi connectivity index (χ2n) is 8.42. The Balaban J connectivity index is 1.53. The van der Waals surface area contributed by atoms with E-state index in [2.05, 4.69) is 10.6 Å². The van der Waals surface area contributed by atoms with Crippen molar-refractivity contribution in [2.75, 3.05) is 32.6 Å². The zero-order chi connectivity index (χ0) is 24.7. The summed E-state index contributed by atoms with van der Waals surface area (Å²) >= 11 is 0. The van der Waals surface area contributed by atoms with Gasteiger partial charge in [0.25, 0.3) is 5.91 Å². The molecule has 34 heavy (non-hydrogen) atoms. The van der Waals surface area contributed by atoms with E-state index in [9.17, 15) is 14.4 Å². The Labute approximate surface area is 200 Å². The molecule has 0 aliphatic carbocycles. The highest BCUT2D eigenvalue weighted by Crippen LogP contribution is 2.26. The van der Waals surface area contributed by atoms with Crippen molar-refractivity contribution in [3.63, 3.8) is 0 Å². The van der Waals surface area contributed by atoms with Gasteiger partial charge in [0.1, 0.15) is 11.5 Å². The van der Waals surface area contributed by atoms with Crippen molar-refractivity contribution in [2.24, 2.45) is 5.92 Å². The van der Waals surface area contributed by atoms with Crippen LogP contribution in [0, 0.1) is 5.92 Å². The summed E-state index contributed by atoms with van der Waals surface area (Å²) in [4.78, 5) is 39.1. The van der Waals surface area contributed by atoms with Crippen molar-refractivity contribution in [1.82, 2.24) is 10.2 Å². The summed E-state index contributed by atoms with van der Waals surface area (Å²) < 4.78 is 10.5. The molecular formula is C26H33N3O5. The Morgan fingerprint density at radius 2 is 1.59 bits per heavy atom. The lowest BCUT2D eigenvalue weighted by Crippen LogP contribution is -2.43. The molecule has 1 aliphatic rings. The normalized spacial score (nSPS) is 14.8. The van der Waals surface area contributed by atoms with Gasteiger partial charge in [0.2, 0.25) is 11.8 Å². The Morgan fingerprint density at radius 1 is 1.00 bits per heavy atom. The highest BCUT2D eigenvalue weighted by molar-refractivity contribution is 5.95. The van der Waals surface area contributed by atoms with Crippen molar-refractivity contribution >= 4 is 23.4 Å². The van der Waals surface area contributed by atoms with Gasteiger partial charge in [-0.05, 0) is 49.6 Å². The maximum atomic E-state index is 13.0. The predicted octanol–water partition coefficient (Wildman–Crippen LogP) is 3.78. The van der Waals surface area contributed by atoms with E-state index in [1.54, 1.807) is 44.2 Å². The number of nitrogens with one attached hydrogen (secondary N) is 2. The third kappa shape index (κ3) is 6.27. The molecule has 3 rings (SSSR count). The summed E-state index contributed by atoms with van der Waals surface area (Å²) in [7, 11) is 3.10. The minimum atomic E-state index is -0.160. The highest BCUT2D eigenvalue weighted by atomic mass is 16.5. The fourth-order valence-electron chi connectivity index (χ4n) is 3.98. The van der Waals surface area contributed by atoms with E-state index in [1.807, 2.05) is 31.2 Å². The van der Waals surface area contributed by atoms with Crippen LogP contribution in [0.5, 0.6) is 11.5 Å². The van der Waals surface area contributed by atoms with Crippen LogP contribution in [0.15, 0.2) is 42.5 Å². The van der Waals surface area contributed by atoms with Crippen molar-refractivity contribution in [1.29, 1.82) is 0 Å². The van der Waals surface area contributed by atoms with Gasteiger partial charge in [0.15, 0.2) is 0 Å². The Morgan fingerprint density at radius 3 is 2.12 bits per heavy atom. The molecule has 1 saturated heterocycles. The largest absolute Gasteiger partial charge is 0.497 e. The number of amides is 3. The second-order valence-corrected chi connectivity index (χ2v) is 8.42. The summed E-state index contributed by atoms with van der Waals surface area (Å²) in [5.41, 5.74) is 2.20. The molecule has 1 heterocycles. The summed E-state index contributed by atoms with van der Waals surface area (Å²) in [6.07, 6.45) is 1.63. The van der Waals surface area contributed by atoms with E-state index in [0.717, 1.165) is 11.3 Å². The van der Waals surface area contributed by atoms with Gasteiger partial charge in [-0.3, -0.25) is 14.4 Å². The zero-order valence-electron chi connectivity index (χ0n) is 20.2. The fourth-order valence-corrected chi connectivity index (χ4v) is 3.98. The minimum Gasteiger partial charge on any atom is -0.497 e. The Bertz CT molecular complexity index is 991. The number of piperidine rings is 1. The standard InChI is InChI=1S/C26H33N3O5/c1-5-24(30)28-21-8-6-18(7-9-21)17(2)27-25(31)19-10-12-29(13-11-19)26(32)20-14-22(33-3)16-23(15-20)34-4/h6-9,14-17,19H,5,10-13H2,1-4H3,(H,27,31)(H,28,30). The SMILES string of the molecule is CCC(=O)Nc1ccc(C(C)NC(=O)C2CCN(C(=O)c3cc(OC)cc(OC)c3)CC2)cc1. The molecular weight excluding hydrogens is 434 g/mol. The first kappa shape index (κ1) is 25.1. The summed E-state index contributed by atoms with van der Waals surface area (Å²) in [6.45, 7) is 4.76. The molecule has 0 spiro atoms. The summed E-state index contributed by atoms with van der Waals surface area (Å²) in [5, 5.41) is 5.90. The van der Waals surface area contributed by atoms with Gasteiger partial charge < -0.3 is 25.0 Å². The second kappa shape index (κ2) is 11.5. The van der Waals surface area contributed by atoms with E-state index in [1.165, 1.54) is 0 Å². The van der Waals surface area contributed by atoms with Gasteiger partial charge in [-0.15, -0.1) is 0 Å². The van der Waals surface area contributed by atoms with Gasteiger partial charge in [-0.2, -0.15) is 0 Å². The van der Waals surface area contributed by atoms with Gasteiger partial charge in [-0.1, -0.05) is 19.1 Å². The van der Waals surface area contributed by atoms with Crippen molar-refractivity contribution in [3.05, 3.63) is 53.6 Å². The molecule has 2 aromatic rings. The number of hydrogen-bond donors (Lipinski definition) is 2. The monoisotopic (exact) mass is 467 g/mol. The van der Waals surface area contributed by atoms with Gasteiger partial charge in [-0.25, -0.2) is 0 Å². The first-order valence-electron chi connectivity index (χ1n) is 11.6. The van der Waals surface area contributed by atoms with Crippen LogP contribution in [0.1, 0.15) is 55.1 Å². The smallest absolute Gasteiger partial charge is 0.254 e. The van der Waals surface area contributed by atoms with E-state index in [-0.39, 0.29) is 29.7 Å². The lowest BCUT2D eigenvalue weighted by atomic mass is 9.94. The third-order valence-corrected chi connectivity index (χ3v) is 6.13. The molecule has 3 amide bonds. The van der Waals surface area contributed by atoms with Crippen molar-refractivity contribution < 1.29 is 23.9 Å². The van der Waals surface area contributed by atoms with Crippen LogP contribution in [0.2, 0.25) is 0 Å². The number of rotatable bonds is 8. The van der Waals surface area contributed by atoms with E-state index in [4.69, 9.17) is 9.47 Å². The van der Waals surface area contributed by atoms with Crippen LogP contribution in [0.25, 0.3) is 0 Å².